The highest BCUT2D eigenvalue weighted by Crippen LogP contribution is 2.37. The van der Waals surface area contributed by atoms with Gasteiger partial charge in [-0.15, -0.1) is 0 Å². The lowest BCUT2D eigenvalue weighted by atomic mass is 10.0. The van der Waals surface area contributed by atoms with Gasteiger partial charge in [0.15, 0.2) is 18.1 Å². The highest BCUT2D eigenvalue weighted by atomic mass is 16.5. The summed E-state index contributed by atoms with van der Waals surface area (Å²) in [5.74, 6) is 0.708. The lowest BCUT2D eigenvalue weighted by Gasteiger charge is -2.38. The Labute approximate surface area is 199 Å². The van der Waals surface area contributed by atoms with Gasteiger partial charge in [-0.1, -0.05) is 48.0 Å². The van der Waals surface area contributed by atoms with Crippen molar-refractivity contribution in [3.8, 4) is 11.5 Å². The van der Waals surface area contributed by atoms with Crippen LogP contribution in [0.2, 0.25) is 0 Å². The highest BCUT2D eigenvalue weighted by molar-refractivity contribution is 6.01. The number of nitrogens with one attached hydrogen (secondary N) is 2. The molecule has 0 spiro atoms. The van der Waals surface area contributed by atoms with Crippen molar-refractivity contribution < 1.29 is 19.1 Å². The summed E-state index contributed by atoms with van der Waals surface area (Å²) in [7, 11) is 1.55. The van der Waals surface area contributed by atoms with E-state index in [2.05, 4.69) is 10.6 Å². The Hall–Kier alpha value is -4.00. The molecular formula is C27H29N3O4. The van der Waals surface area contributed by atoms with Crippen molar-refractivity contribution in [2.75, 3.05) is 25.6 Å². The van der Waals surface area contributed by atoms with Crippen molar-refractivity contribution in [2.24, 2.45) is 0 Å². The number of ether oxygens (including phenoxy) is 2. The van der Waals surface area contributed by atoms with Crippen LogP contribution in [0, 0.1) is 6.92 Å². The molecule has 0 fully saturated rings. The summed E-state index contributed by atoms with van der Waals surface area (Å²) in [6, 6.07) is 21.2. The number of rotatable bonds is 8. The number of amides is 2. The predicted octanol–water partition coefficient (Wildman–Crippen LogP) is 4.29. The van der Waals surface area contributed by atoms with Gasteiger partial charge in [0.1, 0.15) is 6.17 Å². The molecule has 3 aromatic rings. The zero-order valence-corrected chi connectivity index (χ0v) is 19.6. The molecule has 1 atom stereocenters. The summed E-state index contributed by atoms with van der Waals surface area (Å²) in [5.41, 5.74) is 4.48. The van der Waals surface area contributed by atoms with E-state index in [4.69, 9.17) is 9.47 Å². The van der Waals surface area contributed by atoms with Gasteiger partial charge in [0.25, 0.3) is 11.8 Å². The maximum Gasteiger partial charge on any atom is 0.258 e. The van der Waals surface area contributed by atoms with Crippen LogP contribution in [0.3, 0.4) is 0 Å². The van der Waals surface area contributed by atoms with Crippen molar-refractivity contribution >= 4 is 17.5 Å². The Balaban J connectivity index is 1.65. The standard InChI is InChI=1S/C27H29N3O4/c1-4-28-25(31)17-34-23-14-13-20(15-24(23)33-3)26-29-22-8-6-5-7-21(22)27(32)30(26)16-19-11-9-18(2)10-12-19/h5-15,26,29H,4,16-17H2,1-3H3,(H,28,31). The Morgan fingerprint density at radius 2 is 1.82 bits per heavy atom. The molecule has 1 unspecified atom stereocenters. The van der Waals surface area contributed by atoms with Gasteiger partial charge in [-0.3, -0.25) is 9.59 Å². The Bertz CT molecular complexity index is 1180. The third-order valence-electron chi connectivity index (χ3n) is 5.73. The Morgan fingerprint density at radius 3 is 2.56 bits per heavy atom. The lowest BCUT2D eigenvalue weighted by molar-refractivity contribution is -0.123. The SMILES string of the molecule is CCNC(=O)COc1ccc(C2Nc3ccccc3C(=O)N2Cc2ccc(C)cc2)cc1OC. The van der Waals surface area contributed by atoms with E-state index in [1.807, 2.05) is 79.4 Å². The zero-order valence-electron chi connectivity index (χ0n) is 19.6. The minimum Gasteiger partial charge on any atom is -0.493 e. The van der Waals surface area contributed by atoms with Crippen molar-refractivity contribution in [1.29, 1.82) is 0 Å². The van der Waals surface area contributed by atoms with Crippen LogP contribution < -0.4 is 20.1 Å². The molecule has 7 heteroatoms. The number of benzene rings is 3. The number of likely N-dealkylation sites (N-methyl/N-ethyl adjacent to an activating group) is 1. The molecule has 0 radical (unpaired) electrons. The van der Waals surface area contributed by atoms with Crippen LogP contribution in [0.5, 0.6) is 11.5 Å². The van der Waals surface area contributed by atoms with Gasteiger partial charge in [-0.05, 0) is 49.2 Å². The third kappa shape index (κ3) is 4.98. The summed E-state index contributed by atoms with van der Waals surface area (Å²) in [6.07, 6.45) is -0.407. The summed E-state index contributed by atoms with van der Waals surface area (Å²) in [4.78, 5) is 27.1. The Kier molecular flexibility index (Phi) is 7.01. The van der Waals surface area contributed by atoms with Crippen molar-refractivity contribution in [1.82, 2.24) is 10.2 Å². The monoisotopic (exact) mass is 459 g/mol. The van der Waals surface area contributed by atoms with Crippen LogP contribution in [0.25, 0.3) is 0 Å². The van der Waals surface area contributed by atoms with Gasteiger partial charge in [0.05, 0.1) is 12.7 Å². The first-order valence-corrected chi connectivity index (χ1v) is 11.3. The first kappa shape index (κ1) is 23.2. The van der Waals surface area contributed by atoms with E-state index < -0.39 is 6.17 Å². The van der Waals surface area contributed by atoms with E-state index in [-0.39, 0.29) is 18.4 Å². The molecule has 0 saturated heterocycles. The van der Waals surface area contributed by atoms with Crippen LogP contribution >= 0.6 is 0 Å². The maximum absolute atomic E-state index is 13.5. The van der Waals surface area contributed by atoms with Crippen molar-refractivity contribution in [3.05, 3.63) is 89.0 Å². The minimum atomic E-state index is -0.407. The normalized spacial score (nSPS) is 14.7. The smallest absolute Gasteiger partial charge is 0.258 e. The van der Waals surface area contributed by atoms with E-state index >= 15 is 0 Å². The molecule has 1 aliphatic heterocycles. The van der Waals surface area contributed by atoms with Gasteiger partial charge in [0, 0.05) is 18.8 Å². The fourth-order valence-corrected chi connectivity index (χ4v) is 3.97. The highest BCUT2D eigenvalue weighted by Gasteiger charge is 2.33. The summed E-state index contributed by atoms with van der Waals surface area (Å²) < 4.78 is 11.2. The quantitative estimate of drug-likeness (QED) is 0.526. The second-order valence-electron chi connectivity index (χ2n) is 8.16. The molecule has 0 aliphatic carbocycles. The molecule has 2 amide bonds. The second kappa shape index (κ2) is 10.3. The third-order valence-corrected chi connectivity index (χ3v) is 5.73. The largest absolute Gasteiger partial charge is 0.493 e. The van der Waals surface area contributed by atoms with Gasteiger partial charge >= 0.3 is 0 Å². The number of hydrogen-bond donors (Lipinski definition) is 2. The van der Waals surface area contributed by atoms with E-state index in [0.717, 1.165) is 16.8 Å². The summed E-state index contributed by atoms with van der Waals surface area (Å²) >= 11 is 0. The number of hydrogen-bond acceptors (Lipinski definition) is 5. The lowest BCUT2D eigenvalue weighted by Crippen LogP contribution is -2.42. The van der Waals surface area contributed by atoms with Gasteiger partial charge in [0.2, 0.25) is 0 Å². The first-order chi connectivity index (χ1) is 16.5. The zero-order chi connectivity index (χ0) is 24.1. The van der Waals surface area contributed by atoms with Gasteiger partial charge in [-0.25, -0.2) is 0 Å². The molecular weight excluding hydrogens is 430 g/mol. The molecule has 1 heterocycles. The van der Waals surface area contributed by atoms with Crippen molar-refractivity contribution in [3.63, 3.8) is 0 Å². The number of nitrogens with zero attached hydrogens (tertiary/aromatic N) is 1. The molecule has 0 saturated carbocycles. The average Bonchev–Trinajstić information content (AvgIpc) is 2.85. The average molecular weight is 460 g/mol. The van der Waals surface area contributed by atoms with E-state index in [0.29, 0.717) is 30.2 Å². The molecule has 2 N–H and O–H groups in total. The topological polar surface area (TPSA) is 79.9 Å². The molecule has 0 bridgehead atoms. The molecule has 176 valence electrons. The minimum absolute atomic E-state index is 0.0459. The molecule has 1 aliphatic rings. The molecule has 3 aromatic carbocycles. The predicted molar refractivity (Wildman–Crippen MR) is 131 cm³/mol. The molecule has 4 rings (SSSR count). The van der Waals surface area contributed by atoms with Crippen LogP contribution in [-0.2, 0) is 11.3 Å². The van der Waals surface area contributed by atoms with E-state index in [1.54, 1.807) is 13.2 Å². The number of anilines is 1. The van der Waals surface area contributed by atoms with Crippen LogP contribution in [-0.4, -0.2) is 37.0 Å². The molecule has 7 nitrogen and oxygen atoms in total. The maximum atomic E-state index is 13.5. The van der Waals surface area contributed by atoms with E-state index in [1.165, 1.54) is 5.56 Å². The number of carbonyl (C=O) groups is 2. The van der Waals surface area contributed by atoms with Crippen molar-refractivity contribution in [2.45, 2.75) is 26.6 Å². The number of methoxy groups -OCH3 is 1. The van der Waals surface area contributed by atoms with E-state index in [9.17, 15) is 9.59 Å². The Morgan fingerprint density at radius 1 is 1.06 bits per heavy atom. The van der Waals surface area contributed by atoms with Crippen LogP contribution in [0.15, 0.2) is 66.7 Å². The fraction of sp³-hybridized carbons (Fsp3) is 0.259. The summed E-state index contributed by atoms with van der Waals surface area (Å²) in [6.45, 7) is 4.78. The van der Waals surface area contributed by atoms with Crippen LogP contribution in [0.1, 0.15) is 40.1 Å². The number of carbonyl (C=O) groups excluding carboxylic acids is 2. The molecule has 34 heavy (non-hydrogen) atoms. The summed E-state index contributed by atoms with van der Waals surface area (Å²) in [5, 5.41) is 6.21. The van der Waals surface area contributed by atoms with Gasteiger partial charge in [-0.2, -0.15) is 0 Å². The van der Waals surface area contributed by atoms with Gasteiger partial charge < -0.3 is 25.0 Å². The first-order valence-electron chi connectivity index (χ1n) is 11.3. The second-order valence-corrected chi connectivity index (χ2v) is 8.16. The molecule has 0 aromatic heterocycles. The van der Waals surface area contributed by atoms with Crippen LogP contribution in [0.4, 0.5) is 5.69 Å². The number of fused-ring (bicyclic) bond motifs is 1. The number of aryl methyl sites for hydroxylation is 1. The number of para-hydroxylation sites is 1. The fourth-order valence-electron chi connectivity index (χ4n) is 3.97.